The van der Waals surface area contributed by atoms with E-state index in [1.54, 1.807) is 18.7 Å². The predicted molar refractivity (Wildman–Crippen MR) is 88.9 cm³/mol. The fourth-order valence-corrected chi connectivity index (χ4v) is 2.94. The number of benzene rings is 1. The van der Waals surface area contributed by atoms with Gasteiger partial charge in [0, 0.05) is 31.9 Å². The largest absolute Gasteiger partial charge is 0.368 e. The molecule has 3 rings (SSSR count). The van der Waals surface area contributed by atoms with Crippen LogP contribution in [0.25, 0.3) is 0 Å². The van der Waals surface area contributed by atoms with Crippen LogP contribution in [0.5, 0.6) is 0 Å². The van der Waals surface area contributed by atoms with Crippen LogP contribution in [0, 0.1) is 13.8 Å². The molecular formula is C17H20N4O2. The zero-order valence-electron chi connectivity index (χ0n) is 13.4. The van der Waals surface area contributed by atoms with Gasteiger partial charge in [0.1, 0.15) is 11.4 Å². The van der Waals surface area contributed by atoms with Crippen molar-refractivity contribution < 1.29 is 4.79 Å². The van der Waals surface area contributed by atoms with Crippen LogP contribution in [-0.2, 0) is 0 Å². The number of hydrogen-bond acceptors (Lipinski definition) is 4. The number of carbonyl (C=O) groups is 1. The zero-order chi connectivity index (χ0) is 16.4. The normalized spacial score (nSPS) is 14.9. The van der Waals surface area contributed by atoms with Crippen LogP contribution in [0.15, 0.2) is 35.1 Å². The number of piperazine rings is 1. The van der Waals surface area contributed by atoms with Crippen LogP contribution in [0.2, 0.25) is 0 Å². The second-order valence-electron chi connectivity index (χ2n) is 5.73. The third-order valence-corrected chi connectivity index (χ3v) is 4.12. The molecule has 2 aromatic rings. The molecule has 0 radical (unpaired) electrons. The van der Waals surface area contributed by atoms with Gasteiger partial charge in [0.15, 0.2) is 0 Å². The molecule has 1 amide bonds. The average Bonchev–Trinajstić information content (AvgIpc) is 2.55. The predicted octanol–water partition coefficient (Wildman–Crippen LogP) is 1.35. The average molecular weight is 312 g/mol. The molecule has 1 fully saturated rings. The quantitative estimate of drug-likeness (QED) is 0.909. The standard InChI is InChI=1S/C17H20N4O2/c1-12-15(16(22)19-13(2)18-12)17(23)21-10-8-20(9-11-21)14-6-4-3-5-7-14/h3-7H,8-11H2,1-2H3,(H,18,19,22). The number of nitrogens with one attached hydrogen (secondary N) is 1. The second-order valence-corrected chi connectivity index (χ2v) is 5.73. The van der Waals surface area contributed by atoms with Gasteiger partial charge in [-0.1, -0.05) is 18.2 Å². The van der Waals surface area contributed by atoms with Crippen LogP contribution in [0.4, 0.5) is 5.69 Å². The smallest absolute Gasteiger partial charge is 0.264 e. The zero-order valence-corrected chi connectivity index (χ0v) is 13.4. The molecule has 1 aliphatic heterocycles. The number of para-hydroxylation sites is 1. The summed E-state index contributed by atoms with van der Waals surface area (Å²) < 4.78 is 0. The van der Waals surface area contributed by atoms with Gasteiger partial charge < -0.3 is 14.8 Å². The molecule has 1 aromatic carbocycles. The van der Waals surface area contributed by atoms with Crippen molar-refractivity contribution in [2.24, 2.45) is 0 Å². The first-order valence-electron chi connectivity index (χ1n) is 7.73. The molecule has 1 aromatic heterocycles. The van der Waals surface area contributed by atoms with Gasteiger partial charge in [0.25, 0.3) is 11.5 Å². The van der Waals surface area contributed by atoms with E-state index in [-0.39, 0.29) is 17.0 Å². The first-order chi connectivity index (χ1) is 11.1. The second kappa shape index (κ2) is 6.24. The van der Waals surface area contributed by atoms with Gasteiger partial charge in [0.05, 0.1) is 5.69 Å². The Bertz CT molecular complexity index is 762. The van der Waals surface area contributed by atoms with E-state index in [0.29, 0.717) is 24.6 Å². The monoisotopic (exact) mass is 312 g/mol. The summed E-state index contributed by atoms with van der Waals surface area (Å²) in [5, 5.41) is 0. The molecule has 0 saturated carbocycles. The molecule has 1 aliphatic rings. The molecule has 23 heavy (non-hydrogen) atoms. The van der Waals surface area contributed by atoms with Crippen molar-refractivity contribution in [3.05, 3.63) is 57.8 Å². The molecule has 6 heteroatoms. The Morgan fingerprint density at radius 2 is 1.74 bits per heavy atom. The minimum atomic E-state index is -0.356. The Kier molecular flexibility index (Phi) is 4.14. The lowest BCUT2D eigenvalue weighted by Crippen LogP contribution is -2.50. The van der Waals surface area contributed by atoms with Crippen LogP contribution >= 0.6 is 0 Å². The number of amides is 1. The molecule has 2 heterocycles. The number of hydrogen-bond donors (Lipinski definition) is 1. The summed E-state index contributed by atoms with van der Waals surface area (Å²) in [6.45, 7) is 6.12. The van der Waals surface area contributed by atoms with Gasteiger partial charge in [-0.05, 0) is 26.0 Å². The first kappa shape index (κ1) is 15.3. The van der Waals surface area contributed by atoms with E-state index in [9.17, 15) is 9.59 Å². The maximum Gasteiger partial charge on any atom is 0.264 e. The number of aromatic nitrogens is 2. The van der Waals surface area contributed by atoms with Crippen LogP contribution < -0.4 is 10.5 Å². The van der Waals surface area contributed by atoms with E-state index in [4.69, 9.17) is 0 Å². The van der Waals surface area contributed by atoms with Gasteiger partial charge in [-0.15, -0.1) is 0 Å². The summed E-state index contributed by atoms with van der Waals surface area (Å²) in [4.78, 5) is 35.5. The van der Waals surface area contributed by atoms with E-state index in [1.165, 1.54) is 0 Å². The highest BCUT2D eigenvalue weighted by atomic mass is 16.2. The SMILES string of the molecule is Cc1nc(C)c(C(=O)N2CCN(c3ccccc3)CC2)c(=O)[nH]1. The number of H-pyrrole nitrogens is 1. The van der Waals surface area contributed by atoms with E-state index >= 15 is 0 Å². The highest BCUT2D eigenvalue weighted by molar-refractivity contribution is 5.95. The minimum absolute atomic E-state index is 0.156. The number of anilines is 1. The topological polar surface area (TPSA) is 69.3 Å². The van der Waals surface area contributed by atoms with Crippen molar-refractivity contribution in [1.82, 2.24) is 14.9 Å². The Labute approximate surface area is 134 Å². The van der Waals surface area contributed by atoms with Gasteiger partial charge in [-0.25, -0.2) is 4.98 Å². The summed E-state index contributed by atoms with van der Waals surface area (Å²) in [6, 6.07) is 10.1. The first-order valence-corrected chi connectivity index (χ1v) is 7.73. The van der Waals surface area contributed by atoms with E-state index in [1.807, 2.05) is 18.2 Å². The Balaban J connectivity index is 1.73. The number of carbonyl (C=O) groups excluding carboxylic acids is 1. The van der Waals surface area contributed by atoms with E-state index in [0.717, 1.165) is 18.8 Å². The van der Waals surface area contributed by atoms with Gasteiger partial charge in [-0.2, -0.15) is 0 Å². The van der Waals surface area contributed by atoms with Gasteiger partial charge in [-0.3, -0.25) is 9.59 Å². The third kappa shape index (κ3) is 3.11. The maximum absolute atomic E-state index is 12.6. The van der Waals surface area contributed by atoms with Crippen molar-refractivity contribution in [2.75, 3.05) is 31.1 Å². The Morgan fingerprint density at radius 1 is 1.09 bits per heavy atom. The van der Waals surface area contributed by atoms with Crippen molar-refractivity contribution in [2.45, 2.75) is 13.8 Å². The lowest BCUT2D eigenvalue weighted by atomic mass is 10.1. The molecule has 6 nitrogen and oxygen atoms in total. The van der Waals surface area contributed by atoms with Gasteiger partial charge in [0.2, 0.25) is 0 Å². The van der Waals surface area contributed by atoms with Gasteiger partial charge >= 0.3 is 0 Å². The molecule has 1 N–H and O–H groups in total. The Hall–Kier alpha value is -2.63. The Morgan fingerprint density at radius 3 is 2.35 bits per heavy atom. The van der Waals surface area contributed by atoms with Crippen LogP contribution in [-0.4, -0.2) is 47.0 Å². The fourth-order valence-electron chi connectivity index (χ4n) is 2.94. The number of rotatable bonds is 2. The maximum atomic E-state index is 12.6. The minimum Gasteiger partial charge on any atom is -0.368 e. The molecule has 0 unspecified atom stereocenters. The van der Waals surface area contributed by atoms with Crippen LogP contribution in [0.1, 0.15) is 21.9 Å². The van der Waals surface area contributed by atoms with E-state index in [2.05, 4.69) is 27.0 Å². The third-order valence-electron chi connectivity index (χ3n) is 4.12. The van der Waals surface area contributed by atoms with Crippen LogP contribution in [0.3, 0.4) is 0 Å². The lowest BCUT2D eigenvalue weighted by Gasteiger charge is -2.36. The highest BCUT2D eigenvalue weighted by Gasteiger charge is 2.25. The summed E-state index contributed by atoms with van der Waals surface area (Å²) in [5.41, 5.74) is 1.45. The molecule has 0 bridgehead atoms. The lowest BCUT2D eigenvalue weighted by molar-refractivity contribution is 0.0743. The molecule has 0 aliphatic carbocycles. The highest BCUT2D eigenvalue weighted by Crippen LogP contribution is 2.16. The number of aryl methyl sites for hydroxylation is 2. The van der Waals surface area contributed by atoms with E-state index < -0.39 is 0 Å². The summed E-state index contributed by atoms with van der Waals surface area (Å²) in [5.74, 6) is 0.293. The van der Waals surface area contributed by atoms with Crippen molar-refractivity contribution >= 4 is 11.6 Å². The van der Waals surface area contributed by atoms with Crippen molar-refractivity contribution in [3.8, 4) is 0 Å². The molecule has 0 atom stereocenters. The fraction of sp³-hybridized carbons (Fsp3) is 0.353. The molecular weight excluding hydrogens is 292 g/mol. The molecule has 120 valence electrons. The number of nitrogens with zero attached hydrogens (tertiary/aromatic N) is 3. The molecule has 1 saturated heterocycles. The number of aromatic amines is 1. The van der Waals surface area contributed by atoms with Crippen molar-refractivity contribution in [1.29, 1.82) is 0 Å². The summed E-state index contributed by atoms with van der Waals surface area (Å²) >= 11 is 0. The summed E-state index contributed by atoms with van der Waals surface area (Å²) in [6.07, 6.45) is 0. The summed E-state index contributed by atoms with van der Waals surface area (Å²) in [7, 11) is 0. The van der Waals surface area contributed by atoms with Crippen molar-refractivity contribution in [3.63, 3.8) is 0 Å². The molecule has 0 spiro atoms.